The van der Waals surface area contributed by atoms with Crippen molar-refractivity contribution in [2.75, 3.05) is 48.4 Å². The highest BCUT2D eigenvalue weighted by atomic mass is 16.6. The van der Waals surface area contributed by atoms with Crippen molar-refractivity contribution in [3.8, 4) is 5.75 Å². The zero-order valence-electron chi connectivity index (χ0n) is 28.0. The van der Waals surface area contributed by atoms with E-state index in [2.05, 4.69) is 69.2 Å². The maximum atomic E-state index is 12.3. The average molecular weight is 603 g/mol. The van der Waals surface area contributed by atoms with Gasteiger partial charge in [0.25, 0.3) is 0 Å². The minimum Gasteiger partial charge on any atom is -0.497 e. The van der Waals surface area contributed by atoms with Crippen LogP contribution in [0.2, 0.25) is 0 Å². The fourth-order valence-corrected chi connectivity index (χ4v) is 6.53. The Labute approximate surface area is 266 Å². The molecule has 0 aliphatic heterocycles. The summed E-state index contributed by atoms with van der Waals surface area (Å²) in [5.41, 5.74) is 1.83. The van der Waals surface area contributed by atoms with E-state index in [9.17, 15) is 9.90 Å². The summed E-state index contributed by atoms with van der Waals surface area (Å²) in [6.45, 7) is 5.77. The van der Waals surface area contributed by atoms with Crippen molar-refractivity contribution < 1.29 is 19.4 Å². The van der Waals surface area contributed by atoms with E-state index in [-0.39, 0.29) is 11.9 Å². The number of benzene rings is 3. The summed E-state index contributed by atoms with van der Waals surface area (Å²) in [5, 5.41) is 11.2. The lowest BCUT2D eigenvalue weighted by Crippen LogP contribution is -2.44. The first-order valence-corrected chi connectivity index (χ1v) is 16.0. The van der Waals surface area contributed by atoms with Crippen molar-refractivity contribution in [1.29, 1.82) is 0 Å². The van der Waals surface area contributed by atoms with E-state index in [1.807, 2.05) is 67.6 Å². The molecule has 0 saturated heterocycles. The number of methoxy groups -OCH3 is 1. The highest BCUT2D eigenvalue weighted by molar-refractivity contribution is 5.69. The molecule has 0 aromatic heterocycles. The molecule has 4 atom stereocenters. The first-order chi connectivity index (χ1) is 21.0. The number of ether oxygens (including phenoxy) is 2. The van der Waals surface area contributed by atoms with E-state index in [0.717, 1.165) is 49.2 Å². The lowest BCUT2D eigenvalue weighted by molar-refractivity contribution is -0.168. The van der Waals surface area contributed by atoms with Crippen LogP contribution in [0.3, 0.4) is 0 Å². The number of nitrogens with zero attached hydrogens (tertiary/aromatic N) is 2. The molecule has 0 bridgehead atoms. The fourth-order valence-electron chi connectivity index (χ4n) is 6.53. The highest BCUT2D eigenvalue weighted by Gasteiger charge is 2.42. The molecule has 44 heavy (non-hydrogen) atoms. The summed E-state index contributed by atoms with van der Waals surface area (Å²) in [6, 6.07) is 28.3. The van der Waals surface area contributed by atoms with Crippen LogP contribution in [-0.2, 0) is 27.2 Å². The van der Waals surface area contributed by atoms with Crippen LogP contribution >= 0.6 is 0 Å². The molecule has 1 aliphatic carbocycles. The molecular weight excluding hydrogens is 548 g/mol. The molecule has 1 N–H and O–H groups in total. The highest BCUT2D eigenvalue weighted by Crippen LogP contribution is 2.43. The Morgan fingerprint density at radius 2 is 1.61 bits per heavy atom. The van der Waals surface area contributed by atoms with Gasteiger partial charge in [0.05, 0.1) is 12.7 Å². The maximum Gasteiger partial charge on any atom is 0.306 e. The molecule has 1 saturated carbocycles. The zero-order chi connectivity index (χ0) is 32.2. The Bertz CT molecular complexity index is 1270. The number of rotatable bonds is 12. The van der Waals surface area contributed by atoms with Gasteiger partial charge in [-0.2, -0.15) is 0 Å². The number of carbonyl (C=O) groups is 1. The van der Waals surface area contributed by atoms with Crippen molar-refractivity contribution in [1.82, 2.24) is 9.80 Å². The average Bonchev–Trinajstić information content (AvgIpc) is 3.02. The molecule has 0 amide bonds. The van der Waals surface area contributed by atoms with E-state index in [4.69, 9.17) is 9.47 Å². The molecule has 3 aromatic rings. The van der Waals surface area contributed by atoms with Crippen LogP contribution < -0.4 is 4.74 Å². The summed E-state index contributed by atoms with van der Waals surface area (Å²) in [4.78, 5) is 16.7. The zero-order valence-corrected chi connectivity index (χ0v) is 28.0. The molecular formula is C38H54N2O4. The molecule has 1 aliphatic rings. The topological polar surface area (TPSA) is 62.2 Å². The lowest BCUT2D eigenvalue weighted by Gasteiger charge is -2.41. The number of hydrogen-bond donors (Lipinski definition) is 1. The van der Waals surface area contributed by atoms with Crippen molar-refractivity contribution in [3.63, 3.8) is 0 Å². The first kappa shape index (κ1) is 35.3. The lowest BCUT2D eigenvalue weighted by atomic mass is 9.71. The van der Waals surface area contributed by atoms with E-state index in [0.29, 0.717) is 18.8 Å². The van der Waals surface area contributed by atoms with Gasteiger partial charge in [0, 0.05) is 37.8 Å². The first-order valence-electron chi connectivity index (χ1n) is 16.0. The Hall–Kier alpha value is -3.19. The molecule has 6 nitrogen and oxygen atoms in total. The summed E-state index contributed by atoms with van der Waals surface area (Å²) in [5.74, 6) is 1.09. The SMILES string of the molecule is CCC(=O)O[C@](Cc1ccccc1)(c1ccccc1)[C@H](C)CN(C)C.COc1cccc([C@@]2(O)CCCC[C@@H]2CN(C)C)c1. The van der Waals surface area contributed by atoms with Crippen molar-refractivity contribution in [2.45, 2.75) is 63.6 Å². The van der Waals surface area contributed by atoms with Crippen LogP contribution in [0.15, 0.2) is 84.9 Å². The van der Waals surface area contributed by atoms with Gasteiger partial charge in [-0.3, -0.25) is 4.79 Å². The van der Waals surface area contributed by atoms with Gasteiger partial charge in [0.2, 0.25) is 0 Å². The van der Waals surface area contributed by atoms with E-state index in [1.165, 1.54) is 12.0 Å². The molecule has 0 spiro atoms. The van der Waals surface area contributed by atoms with Crippen molar-refractivity contribution >= 4 is 5.97 Å². The number of aliphatic hydroxyl groups is 1. The summed E-state index contributed by atoms with van der Waals surface area (Å²) < 4.78 is 11.5. The second kappa shape index (κ2) is 16.8. The van der Waals surface area contributed by atoms with Gasteiger partial charge >= 0.3 is 5.97 Å². The molecule has 0 radical (unpaired) electrons. The van der Waals surface area contributed by atoms with Crippen molar-refractivity contribution in [3.05, 3.63) is 102 Å². The summed E-state index contributed by atoms with van der Waals surface area (Å²) in [6.07, 6.45) is 5.28. The van der Waals surface area contributed by atoms with Crippen LogP contribution in [0, 0.1) is 11.8 Å². The Kier molecular flexibility index (Phi) is 13.4. The van der Waals surface area contributed by atoms with E-state index >= 15 is 0 Å². The molecule has 1 fully saturated rings. The van der Waals surface area contributed by atoms with Gasteiger partial charge < -0.3 is 24.4 Å². The largest absolute Gasteiger partial charge is 0.497 e. The molecule has 240 valence electrons. The van der Waals surface area contributed by atoms with Crippen LogP contribution in [0.1, 0.15) is 62.6 Å². The Balaban J connectivity index is 0.000000249. The predicted molar refractivity (Wildman–Crippen MR) is 180 cm³/mol. The maximum absolute atomic E-state index is 12.3. The van der Waals surface area contributed by atoms with Crippen LogP contribution in [0.5, 0.6) is 5.75 Å². The van der Waals surface area contributed by atoms with Gasteiger partial charge in [0.15, 0.2) is 0 Å². The molecule has 0 unspecified atom stereocenters. The summed E-state index contributed by atoms with van der Waals surface area (Å²) in [7, 11) is 9.91. The number of esters is 1. The van der Waals surface area contributed by atoms with Gasteiger partial charge in [-0.15, -0.1) is 0 Å². The number of carbonyl (C=O) groups excluding carboxylic acids is 1. The standard InChI is InChI=1S/C22H29NO2.C16H25NO2/c1-5-21(24)25-22(18(2)17-23(3)4,20-14-10-7-11-15-20)16-19-12-8-6-9-13-19;1-17(2)12-14-7-4-5-10-16(14,18)13-8-6-9-15(11-13)19-3/h6-15,18H,5,16-17H2,1-4H3;6,8-9,11,14,18H,4-5,7,10,12H2,1-3H3/t18-,22+;14-,16+/m11/s1. The molecule has 3 aromatic carbocycles. The van der Waals surface area contributed by atoms with Crippen molar-refractivity contribution in [2.24, 2.45) is 11.8 Å². The predicted octanol–water partition coefficient (Wildman–Crippen LogP) is 6.91. The van der Waals surface area contributed by atoms with E-state index in [1.54, 1.807) is 7.11 Å². The minimum absolute atomic E-state index is 0.139. The van der Waals surface area contributed by atoms with Gasteiger partial charge in [-0.1, -0.05) is 99.5 Å². The smallest absolute Gasteiger partial charge is 0.306 e. The molecule has 6 heteroatoms. The molecule has 4 rings (SSSR count). The third kappa shape index (κ3) is 9.40. The van der Waals surface area contributed by atoms with E-state index < -0.39 is 11.2 Å². The normalized spacial score (nSPS) is 20.3. The minimum atomic E-state index is -0.711. The van der Waals surface area contributed by atoms with Crippen LogP contribution in [0.4, 0.5) is 0 Å². The second-order valence-corrected chi connectivity index (χ2v) is 12.8. The monoisotopic (exact) mass is 602 g/mol. The van der Waals surface area contributed by atoms with Gasteiger partial charge in [-0.05, 0) is 69.9 Å². The summed E-state index contributed by atoms with van der Waals surface area (Å²) >= 11 is 0. The second-order valence-electron chi connectivity index (χ2n) is 12.8. The van der Waals surface area contributed by atoms with Gasteiger partial charge in [-0.25, -0.2) is 0 Å². The third-order valence-corrected chi connectivity index (χ3v) is 8.78. The fraction of sp³-hybridized carbons (Fsp3) is 0.500. The van der Waals surface area contributed by atoms with Crippen LogP contribution in [-0.4, -0.2) is 69.3 Å². The van der Waals surface area contributed by atoms with Crippen LogP contribution in [0.25, 0.3) is 0 Å². The Morgan fingerprint density at radius 3 is 2.20 bits per heavy atom. The quantitative estimate of drug-likeness (QED) is 0.227. The molecule has 0 heterocycles. The third-order valence-electron chi connectivity index (χ3n) is 8.78. The van der Waals surface area contributed by atoms with Gasteiger partial charge in [0.1, 0.15) is 11.4 Å². The Morgan fingerprint density at radius 1 is 0.955 bits per heavy atom. The number of hydrogen-bond acceptors (Lipinski definition) is 6.